The number of halogens is 4. The molecule has 1 aromatic rings. The number of carbonyl (C=O) groups excluding carboxylic acids is 1. The number of nitrogens with one attached hydrogen (secondary N) is 1. The van der Waals surface area contributed by atoms with Crippen LogP contribution in [-0.2, 0) is 15.8 Å². The van der Waals surface area contributed by atoms with Crippen molar-refractivity contribution >= 4 is 29.2 Å². The third-order valence-electron chi connectivity index (χ3n) is 4.35. The van der Waals surface area contributed by atoms with Gasteiger partial charge in [-0.25, -0.2) is 0 Å². The summed E-state index contributed by atoms with van der Waals surface area (Å²) in [6.07, 6.45) is -3.74. The Labute approximate surface area is 147 Å². The summed E-state index contributed by atoms with van der Waals surface area (Å²) in [5.74, 6) is -1.72. The summed E-state index contributed by atoms with van der Waals surface area (Å²) in [5, 5.41) is 11.0. The Hall–Kier alpha value is -1.80. The number of rotatable bonds is 4. The molecule has 1 atom stereocenters. The maximum absolute atomic E-state index is 12.9. The van der Waals surface area contributed by atoms with Crippen LogP contribution in [0.3, 0.4) is 0 Å². The van der Waals surface area contributed by atoms with Crippen LogP contribution in [0.5, 0.6) is 0 Å². The summed E-state index contributed by atoms with van der Waals surface area (Å²) in [6, 6.07) is 2.60. The highest BCUT2D eigenvalue weighted by molar-refractivity contribution is 6.31. The lowest BCUT2D eigenvalue weighted by molar-refractivity contribution is -0.143. The summed E-state index contributed by atoms with van der Waals surface area (Å²) < 4.78 is 38.6. The van der Waals surface area contributed by atoms with Gasteiger partial charge in [-0.1, -0.05) is 11.6 Å². The molecule has 0 spiro atoms. The highest BCUT2D eigenvalue weighted by Crippen LogP contribution is 2.36. The van der Waals surface area contributed by atoms with E-state index in [0.717, 1.165) is 12.1 Å². The fraction of sp³-hybridized carbons (Fsp3) is 0.500. The molecule has 1 aromatic carbocycles. The molecular weight excluding hydrogens is 361 g/mol. The van der Waals surface area contributed by atoms with E-state index in [1.165, 1.54) is 6.07 Å². The zero-order valence-electron chi connectivity index (χ0n) is 13.4. The molecule has 9 heteroatoms. The Kier molecular flexibility index (Phi) is 5.95. The molecule has 0 radical (unpaired) electrons. The Morgan fingerprint density at radius 1 is 1.32 bits per heavy atom. The van der Waals surface area contributed by atoms with Crippen LogP contribution in [0.25, 0.3) is 0 Å². The van der Waals surface area contributed by atoms with Gasteiger partial charge in [0.15, 0.2) is 0 Å². The van der Waals surface area contributed by atoms with Crippen molar-refractivity contribution in [1.82, 2.24) is 4.90 Å². The second-order valence-corrected chi connectivity index (χ2v) is 6.41. The van der Waals surface area contributed by atoms with E-state index in [0.29, 0.717) is 25.9 Å². The Morgan fingerprint density at radius 3 is 2.44 bits per heavy atom. The summed E-state index contributed by atoms with van der Waals surface area (Å²) >= 11 is 5.55. The van der Waals surface area contributed by atoms with E-state index >= 15 is 0 Å². The fourth-order valence-electron chi connectivity index (χ4n) is 2.77. The Bertz CT molecular complexity index is 659. The lowest BCUT2D eigenvalue weighted by atomic mass is 9.96. The molecule has 0 aliphatic carbocycles. The van der Waals surface area contributed by atoms with Crippen LogP contribution in [0.4, 0.5) is 18.9 Å². The third-order valence-corrected chi connectivity index (χ3v) is 4.67. The van der Waals surface area contributed by atoms with Gasteiger partial charge < -0.3 is 10.4 Å². The highest BCUT2D eigenvalue weighted by atomic mass is 35.5. The van der Waals surface area contributed by atoms with Gasteiger partial charge in [-0.15, -0.1) is 0 Å². The van der Waals surface area contributed by atoms with Gasteiger partial charge in [0.2, 0.25) is 5.91 Å². The second kappa shape index (κ2) is 7.61. The molecule has 1 amide bonds. The van der Waals surface area contributed by atoms with Crippen molar-refractivity contribution in [1.29, 1.82) is 0 Å². The molecule has 2 rings (SSSR count). The largest absolute Gasteiger partial charge is 0.481 e. The zero-order chi connectivity index (χ0) is 18.8. The van der Waals surface area contributed by atoms with E-state index < -0.39 is 40.6 Å². The van der Waals surface area contributed by atoms with Gasteiger partial charge in [-0.3, -0.25) is 14.5 Å². The van der Waals surface area contributed by atoms with Gasteiger partial charge in [-0.05, 0) is 51.1 Å². The molecule has 1 unspecified atom stereocenters. The molecule has 25 heavy (non-hydrogen) atoms. The van der Waals surface area contributed by atoms with Crippen LogP contribution in [0.1, 0.15) is 25.3 Å². The zero-order valence-corrected chi connectivity index (χ0v) is 14.2. The van der Waals surface area contributed by atoms with Crippen molar-refractivity contribution in [2.45, 2.75) is 32.0 Å². The van der Waals surface area contributed by atoms with Gasteiger partial charge in [0.1, 0.15) is 0 Å². The SMILES string of the molecule is CC(C(=O)Nc1ccc(Cl)c(C(F)(F)F)c1)N1CCC(C(=O)O)CC1. The number of piperidine rings is 1. The minimum atomic E-state index is -4.61. The Balaban J connectivity index is 2.01. The molecular formula is C16H18ClF3N2O3. The maximum atomic E-state index is 12.9. The number of alkyl halides is 3. The number of benzene rings is 1. The van der Waals surface area contributed by atoms with Crippen LogP contribution in [0, 0.1) is 5.92 Å². The average molecular weight is 379 g/mol. The van der Waals surface area contributed by atoms with E-state index in [1.54, 1.807) is 6.92 Å². The topological polar surface area (TPSA) is 69.6 Å². The first kappa shape index (κ1) is 19.5. The van der Waals surface area contributed by atoms with E-state index in [2.05, 4.69) is 5.32 Å². The van der Waals surface area contributed by atoms with E-state index in [9.17, 15) is 22.8 Å². The molecule has 1 aliphatic heterocycles. The Morgan fingerprint density at radius 2 is 1.92 bits per heavy atom. The first-order valence-electron chi connectivity index (χ1n) is 7.74. The first-order valence-corrected chi connectivity index (χ1v) is 8.12. The molecule has 1 fully saturated rings. The number of likely N-dealkylation sites (tertiary alicyclic amines) is 1. The molecule has 2 N–H and O–H groups in total. The molecule has 0 bridgehead atoms. The number of hydrogen-bond acceptors (Lipinski definition) is 3. The van der Waals surface area contributed by atoms with Crippen molar-refractivity contribution in [3.05, 3.63) is 28.8 Å². The summed E-state index contributed by atoms with van der Waals surface area (Å²) in [7, 11) is 0. The monoisotopic (exact) mass is 378 g/mol. The molecule has 1 aliphatic rings. The molecule has 138 valence electrons. The van der Waals surface area contributed by atoms with Crippen LogP contribution in [0.15, 0.2) is 18.2 Å². The lowest BCUT2D eigenvalue weighted by Gasteiger charge is -2.33. The molecule has 0 saturated carbocycles. The number of amides is 1. The number of carboxylic acids is 1. The molecule has 1 heterocycles. The van der Waals surface area contributed by atoms with Gasteiger partial charge in [-0.2, -0.15) is 13.2 Å². The van der Waals surface area contributed by atoms with Gasteiger partial charge >= 0.3 is 12.1 Å². The second-order valence-electron chi connectivity index (χ2n) is 6.01. The van der Waals surface area contributed by atoms with Crippen molar-refractivity contribution in [3.63, 3.8) is 0 Å². The quantitative estimate of drug-likeness (QED) is 0.841. The minimum Gasteiger partial charge on any atom is -0.481 e. The van der Waals surface area contributed by atoms with Gasteiger partial charge in [0, 0.05) is 5.69 Å². The first-order chi connectivity index (χ1) is 11.6. The van der Waals surface area contributed by atoms with Crippen molar-refractivity contribution in [2.75, 3.05) is 18.4 Å². The van der Waals surface area contributed by atoms with Gasteiger partial charge in [0.25, 0.3) is 0 Å². The number of carbonyl (C=O) groups is 2. The summed E-state index contributed by atoms with van der Waals surface area (Å²) in [6.45, 7) is 2.52. The van der Waals surface area contributed by atoms with Gasteiger partial charge in [0.05, 0.1) is 22.5 Å². The van der Waals surface area contributed by atoms with Crippen LogP contribution < -0.4 is 5.32 Å². The summed E-state index contributed by atoms with van der Waals surface area (Å²) in [5.41, 5.74) is -1.00. The van der Waals surface area contributed by atoms with E-state index in [1.807, 2.05) is 4.90 Å². The molecule has 5 nitrogen and oxygen atoms in total. The van der Waals surface area contributed by atoms with Crippen molar-refractivity contribution in [2.24, 2.45) is 5.92 Å². The van der Waals surface area contributed by atoms with Crippen LogP contribution in [0.2, 0.25) is 5.02 Å². The van der Waals surface area contributed by atoms with E-state index in [-0.39, 0.29) is 5.69 Å². The number of aliphatic carboxylic acids is 1. The number of hydrogen-bond donors (Lipinski definition) is 2. The predicted molar refractivity (Wildman–Crippen MR) is 86.5 cm³/mol. The highest BCUT2D eigenvalue weighted by Gasteiger charge is 2.34. The van der Waals surface area contributed by atoms with Crippen molar-refractivity contribution in [3.8, 4) is 0 Å². The number of carboxylic acid groups (broad SMARTS) is 1. The maximum Gasteiger partial charge on any atom is 0.417 e. The summed E-state index contributed by atoms with van der Waals surface area (Å²) in [4.78, 5) is 25.1. The van der Waals surface area contributed by atoms with Crippen LogP contribution >= 0.6 is 11.6 Å². The van der Waals surface area contributed by atoms with Crippen molar-refractivity contribution < 1.29 is 27.9 Å². The lowest BCUT2D eigenvalue weighted by Crippen LogP contribution is -2.47. The number of anilines is 1. The smallest absolute Gasteiger partial charge is 0.417 e. The molecule has 0 aromatic heterocycles. The standard InChI is InChI=1S/C16H18ClF3N2O3/c1-9(22-6-4-10(5-7-22)15(24)25)14(23)21-11-2-3-13(17)12(8-11)16(18,19)20/h2-3,8-10H,4-7H2,1H3,(H,21,23)(H,24,25). The average Bonchev–Trinajstić information content (AvgIpc) is 2.55. The van der Waals surface area contributed by atoms with Crippen LogP contribution in [-0.4, -0.2) is 41.0 Å². The fourth-order valence-corrected chi connectivity index (χ4v) is 2.99. The third kappa shape index (κ3) is 4.85. The minimum absolute atomic E-state index is 0.00833. The van der Waals surface area contributed by atoms with E-state index in [4.69, 9.17) is 16.7 Å². The predicted octanol–water partition coefficient (Wildman–Crippen LogP) is 3.48. The molecule has 1 saturated heterocycles. The normalized spacial score (nSPS) is 18.0. The number of nitrogens with zero attached hydrogens (tertiary/aromatic N) is 1.